The van der Waals surface area contributed by atoms with E-state index < -0.39 is 6.36 Å². The Morgan fingerprint density at radius 2 is 1.84 bits per heavy atom. The molecule has 1 aromatic heterocycles. The van der Waals surface area contributed by atoms with Gasteiger partial charge in [-0.1, -0.05) is 61.2 Å². The highest BCUT2D eigenvalue weighted by Crippen LogP contribution is 2.41. The highest BCUT2D eigenvalue weighted by Gasteiger charge is 2.40. The SMILES string of the molecule is CCc1ccccc1N1/C(=N/C(=O)NC2CC2c2ccc(-c3ncn(-c4ccc(OC(F)(F)F)cc4)n3)cc2)SCCC1C. The number of urea groups is 1. The Bertz CT molecular complexity index is 1660. The molecule has 3 atom stereocenters. The largest absolute Gasteiger partial charge is 0.573 e. The first-order chi connectivity index (χ1) is 21.2. The summed E-state index contributed by atoms with van der Waals surface area (Å²) in [6.45, 7) is 4.31. The quantitative estimate of drug-likeness (QED) is 0.233. The van der Waals surface area contributed by atoms with Gasteiger partial charge in [0.05, 0.1) is 5.69 Å². The molecular formula is C32H31F3N6O2S. The lowest BCUT2D eigenvalue weighted by Crippen LogP contribution is -2.42. The zero-order chi connectivity index (χ0) is 30.8. The minimum absolute atomic E-state index is 0.0155. The number of aromatic nitrogens is 3. The zero-order valence-electron chi connectivity index (χ0n) is 24.2. The van der Waals surface area contributed by atoms with Crippen LogP contribution in [0.2, 0.25) is 0 Å². The fourth-order valence-electron chi connectivity index (χ4n) is 5.38. The summed E-state index contributed by atoms with van der Waals surface area (Å²) in [7, 11) is 0. The number of alkyl halides is 3. The summed E-state index contributed by atoms with van der Waals surface area (Å²) in [5.74, 6) is 1.30. The van der Waals surface area contributed by atoms with Gasteiger partial charge in [0.15, 0.2) is 11.0 Å². The number of carbonyl (C=O) groups is 1. The van der Waals surface area contributed by atoms with Crippen LogP contribution in [0.4, 0.5) is 23.7 Å². The molecule has 1 aliphatic heterocycles. The second kappa shape index (κ2) is 12.4. The minimum atomic E-state index is -4.75. The molecule has 228 valence electrons. The van der Waals surface area contributed by atoms with Crippen molar-refractivity contribution in [1.82, 2.24) is 20.1 Å². The fourth-order valence-corrected chi connectivity index (χ4v) is 6.59. The molecule has 3 unspecified atom stereocenters. The Morgan fingerprint density at radius 1 is 1.09 bits per heavy atom. The number of aryl methyl sites for hydroxylation is 1. The van der Waals surface area contributed by atoms with Gasteiger partial charge in [0.25, 0.3) is 0 Å². The summed E-state index contributed by atoms with van der Waals surface area (Å²) in [5.41, 5.74) is 4.79. The van der Waals surface area contributed by atoms with E-state index in [4.69, 9.17) is 0 Å². The van der Waals surface area contributed by atoms with Gasteiger partial charge in [0, 0.05) is 35.0 Å². The maximum Gasteiger partial charge on any atom is 0.573 e. The van der Waals surface area contributed by atoms with E-state index in [2.05, 4.69) is 56.0 Å². The third kappa shape index (κ3) is 6.75. The first kappa shape index (κ1) is 29.7. The Morgan fingerprint density at radius 3 is 2.57 bits per heavy atom. The lowest BCUT2D eigenvalue weighted by atomic mass is 10.1. The third-order valence-corrected chi connectivity index (χ3v) is 8.75. The second-order valence-corrected chi connectivity index (χ2v) is 11.9. The number of anilines is 1. The number of amidine groups is 1. The standard InChI is InChI=1S/C32H31F3N6O2S/c1-3-21-6-4-5-7-28(21)41-20(2)16-17-44-31(41)38-30(42)37-27-18-26(27)22-8-10-23(11-9-22)29-36-19-40(39-29)24-12-14-25(15-13-24)43-32(33,34)35/h4-15,19-20,26-27H,3,16-18H2,1-2H3,(H,37,42)/b38-31-. The maximum atomic E-state index is 13.0. The average molecular weight is 621 g/mol. The van der Waals surface area contributed by atoms with Crippen LogP contribution in [0.1, 0.15) is 43.7 Å². The fraction of sp³-hybridized carbons (Fsp3) is 0.312. The molecule has 44 heavy (non-hydrogen) atoms. The van der Waals surface area contributed by atoms with E-state index in [0.717, 1.165) is 47.0 Å². The van der Waals surface area contributed by atoms with Gasteiger partial charge in [-0.25, -0.2) is 14.5 Å². The van der Waals surface area contributed by atoms with E-state index in [-0.39, 0.29) is 29.8 Å². The Hall–Kier alpha value is -4.32. The summed E-state index contributed by atoms with van der Waals surface area (Å²) in [6, 6.07) is 21.5. The minimum Gasteiger partial charge on any atom is -0.406 e. The van der Waals surface area contributed by atoms with Gasteiger partial charge in [-0.05, 0) is 67.6 Å². The van der Waals surface area contributed by atoms with E-state index >= 15 is 0 Å². The Balaban J connectivity index is 1.08. The molecule has 2 heterocycles. The number of ether oxygens (including phenoxy) is 1. The van der Waals surface area contributed by atoms with E-state index in [1.807, 2.05) is 36.4 Å². The van der Waals surface area contributed by atoms with Crippen LogP contribution in [0.25, 0.3) is 17.1 Å². The number of hydrogen-bond acceptors (Lipinski definition) is 5. The number of thioether (sulfide) groups is 1. The van der Waals surface area contributed by atoms with Crippen LogP contribution in [0.3, 0.4) is 0 Å². The van der Waals surface area contributed by atoms with Gasteiger partial charge in [-0.3, -0.25) is 0 Å². The molecule has 6 rings (SSSR count). The van der Waals surface area contributed by atoms with Crippen LogP contribution in [-0.2, 0) is 6.42 Å². The molecule has 2 amide bonds. The van der Waals surface area contributed by atoms with Crippen LogP contribution in [-0.4, -0.2) is 50.2 Å². The van der Waals surface area contributed by atoms with Crippen molar-refractivity contribution in [2.24, 2.45) is 4.99 Å². The summed E-state index contributed by atoms with van der Waals surface area (Å²) < 4.78 is 42.7. The molecule has 2 fully saturated rings. The Kier molecular flexibility index (Phi) is 8.35. The molecule has 0 bridgehead atoms. The van der Waals surface area contributed by atoms with Gasteiger partial charge < -0.3 is 15.0 Å². The van der Waals surface area contributed by atoms with Gasteiger partial charge in [-0.15, -0.1) is 18.3 Å². The normalized spacial score (nSPS) is 20.9. The van der Waals surface area contributed by atoms with E-state index in [9.17, 15) is 18.0 Å². The average Bonchev–Trinajstić information content (AvgIpc) is 3.58. The van der Waals surface area contributed by atoms with Gasteiger partial charge in [0.2, 0.25) is 0 Å². The summed E-state index contributed by atoms with van der Waals surface area (Å²) >= 11 is 1.62. The molecule has 1 saturated carbocycles. The predicted molar refractivity (Wildman–Crippen MR) is 165 cm³/mol. The maximum absolute atomic E-state index is 13.0. The highest BCUT2D eigenvalue weighted by atomic mass is 32.2. The second-order valence-electron chi connectivity index (χ2n) is 10.8. The van der Waals surface area contributed by atoms with Crippen molar-refractivity contribution >= 4 is 28.6 Å². The van der Waals surface area contributed by atoms with Crippen molar-refractivity contribution in [3.8, 4) is 22.8 Å². The van der Waals surface area contributed by atoms with Crippen molar-refractivity contribution in [2.45, 2.75) is 57.5 Å². The van der Waals surface area contributed by atoms with Crippen molar-refractivity contribution in [3.63, 3.8) is 0 Å². The van der Waals surface area contributed by atoms with Crippen molar-refractivity contribution in [2.75, 3.05) is 10.7 Å². The number of nitrogens with one attached hydrogen (secondary N) is 1. The molecule has 0 spiro atoms. The van der Waals surface area contributed by atoms with Gasteiger partial charge >= 0.3 is 12.4 Å². The van der Waals surface area contributed by atoms with E-state index in [1.54, 1.807) is 11.8 Å². The van der Waals surface area contributed by atoms with Crippen molar-refractivity contribution in [1.29, 1.82) is 0 Å². The number of nitrogens with zero attached hydrogens (tertiary/aromatic N) is 5. The molecule has 1 saturated heterocycles. The topological polar surface area (TPSA) is 84.6 Å². The number of benzene rings is 3. The van der Waals surface area contributed by atoms with E-state index in [0.29, 0.717) is 11.5 Å². The van der Waals surface area contributed by atoms with Crippen LogP contribution >= 0.6 is 11.8 Å². The van der Waals surface area contributed by atoms with Crippen LogP contribution in [0, 0.1) is 0 Å². The molecule has 4 aromatic rings. The van der Waals surface area contributed by atoms with Gasteiger partial charge in [0.1, 0.15) is 12.1 Å². The highest BCUT2D eigenvalue weighted by molar-refractivity contribution is 8.14. The van der Waals surface area contributed by atoms with Crippen LogP contribution < -0.4 is 15.0 Å². The Labute approximate surface area is 257 Å². The third-order valence-electron chi connectivity index (χ3n) is 7.77. The van der Waals surface area contributed by atoms with Crippen LogP contribution in [0.15, 0.2) is 84.1 Å². The van der Waals surface area contributed by atoms with Crippen molar-refractivity contribution < 1.29 is 22.7 Å². The molecule has 2 aliphatic rings. The molecule has 0 radical (unpaired) electrons. The summed E-state index contributed by atoms with van der Waals surface area (Å²) in [6.07, 6.45) is -0.479. The molecule has 8 nitrogen and oxygen atoms in total. The lowest BCUT2D eigenvalue weighted by molar-refractivity contribution is -0.274. The van der Waals surface area contributed by atoms with Crippen molar-refractivity contribution in [3.05, 3.63) is 90.3 Å². The van der Waals surface area contributed by atoms with E-state index in [1.165, 1.54) is 40.8 Å². The molecule has 3 aromatic carbocycles. The lowest BCUT2D eigenvalue weighted by Gasteiger charge is -2.36. The number of aliphatic imine (C=N–C) groups is 1. The number of rotatable bonds is 7. The number of halogens is 3. The van der Waals surface area contributed by atoms with Gasteiger partial charge in [-0.2, -0.15) is 4.99 Å². The van der Waals surface area contributed by atoms with Crippen LogP contribution in [0.5, 0.6) is 5.75 Å². The molecular weight excluding hydrogens is 589 g/mol. The molecule has 1 aliphatic carbocycles. The molecule has 12 heteroatoms. The monoisotopic (exact) mass is 620 g/mol. The smallest absolute Gasteiger partial charge is 0.406 e. The number of para-hydroxylation sites is 1. The zero-order valence-corrected chi connectivity index (χ0v) is 25.0. The first-order valence-electron chi connectivity index (χ1n) is 14.5. The number of hydrogen-bond donors (Lipinski definition) is 1. The summed E-state index contributed by atoms with van der Waals surface area (Å²) in [4.78, 5) is 24.1. The number of amides is 2. The first-order valence-corrected chi connectivity index (χ1v) is 15.4. The summed E-state index contributed by atoms with van der Waals surface area (Å²) in [5, 5.41) is 8.28. The number of carbonyl (C=O) groups excluding carboxylic acids is 1. The molecule has 1 N–H and O–H groups in total. The predicted octanol–water partition coefficient (Wildman–Crippen LogP) is 7.35.